The third-order valence-electron chi connectivity index (χ3n) is 1.74. The second-order valence-corrected chi connectivity index (χ2v) is 2.65. The molecule has 0 saturated heterocycles. The number of allylic oxidation sites excluding steroid dienone is 1. The molecule has 0 aromatic rings. The van der Waals surface area contributed by atoms with Crippen LogP contribution in [0, 0.1) is 0 Å². The molecule has 0 fully saturated rings. The fourth-order valence-electron chi connectivity index (χ4n) is 1.18. The number of aliphatic hydroxyl groups is 1. The van der Waals surface area contributed by atoms with Gasteiger partial charge in [0.05, 0.1) is 6.10 Å². The smallest absolute Gasteiger partial charge is 0.161 e. The molecule has 0 aromatic carbocycles. The van der Waals surface area contributed by atoms with Crippen LogP contribution in [0.25, 0.3) is 0 Å². The number of rotatable bonds is 1. The second-order valence-electron chi connectivity index (χ2n) is 2.65. The van der Waals surface area contributed by atoms with Crippen molar-refractivity contribution in [1.29, 1.82) is 0 Å². The van der Waals surface area contributed by atoms with Crippen LogP contribution in [-0.4, -0.2) is 17.0 Å². The third-order valence-corrected chi connectivity index (χ3v) is 1.74. The Balaban J connectivity index is 2.71. The Morgan fingerprint density at radius 2 is 2.40 bits per heavy atom. The number of Topliss-reactive ketones (excluding diaryl/α,β-unsaturated/α-hetero) is 1. The predicted octanol–water partition coefficient (Wildman–Crippen LogP) is 1.05. The van der Waals surface area contributed by atoms with Crippen molar-refractivity contribution in [1.82, 2.24) is 0 Å². The molecule has 0 unspecified atom stereocenters. The minimum atomic E-state index is -0.576. The largest absolute Gasteiger partial charge is 0.389 e. The van der Waals surface area contributed by atoms with Gasteiger partial charge in [-0.15, -0.1) is 0 Å². The van der Waals surface area contributed by atoms with E-state index < -0.39 is 6.10 Å². The number of carbonyl (C=O) groups excluding carboxylic acids is 1. The van der Waals surface area contributed by atoms with Crippen LogP contribution in [0.15, 0.2) is 11.6 Å². The highest BCUT2D eigenvalue weighted by Crippen LogP contribution is 2.16. The van der Waals surface area contributed by atoms with Crippen LogP contribution in [0.3, 0.4) is 0 Å². The van der Waals surface area contributed by atoms with E-state index in [1.54, 1.807) is 6.92 Å². The van der Waals surface area contributed by atoms with E-state index in [9.17, 15) is 4.79 Å². The fraction of sp³-hybridized carbons (Fsp3) is 0.625. The van der Waals surface area contributed by atoms with Crippen molar-refractivity contribution in [2.75, 3.05) is 0 Å². The Kier molecular flexibility index (Phi) is 2.22. The molecule has 1 rings (SSSR count). The van der Waals surface area contributed by atoms with E-state index in [2.05, 4.69) is 0 Å². The fourth-order valence-corrected chi connectivity index (χ4v) is 1.18. The van der Waals surface area contributed by atoms with Gasteiger partial charge in [-0.2, -0.15) is 0 Å². The topological polar surface area (TPSA) is 37.3 Å². The van der Waals surface area contributed by atoms with E-state index in [-0.39, 0.29) is 5.78 Å². The minimum Gasteiger partial charge on any atom is -0.389 e. The maximum absolute atomic E-state index is 11.0. The lowest BCUT2D eigenvalue weighted by Gasteiger charge is -2.13. The molecule has 0 saturated carbocycles. The monoisotopic (exact) mass is 140 g/mol. The quantitative estimate of drug-likeness (QED) is 0.591. The Bertz CT molecular complexity index is 168. The van der Waals surface area contributed by atoms with Crippen molar-refractivity contribution in [2.24, 2.45) is 0 Å². The first-order valence-electron chi connectivity index (χ1n) is 3.63. The first-order chi connectivity index (χ1) is 4.72. The van der Waals surface area contributed by atoms with Crippen molar-refractivity contribution in [3.8, 4) is 0 Å². The SMILES string of the molecule is C[C@@H](O)C1=CCCCC1=O. The lowest BCUT2D eigenvalue weighted by Crippen LogP contribution is -2.17. The molecule has 0 radical (unpaired) electrons. The summed E-state index contributed by atoms with van der Waals surface area (Å²) in [6.07, 6.45) is 3.75. The van der Waals surface area contributed by atoms with Gasteiger partial charge >= 0.3 is 0 Å². The van der Waals surface area contributed by atoms with Gasteiger partial charge < -0.3 is 5.11 Å². The summed E-state index contributed by atoms with van der Waals surface area (Å²) in [5.41, 5.74) is 0.603. The van der Waals surface area contributed by atoms with E-state index in [0.717, 1.165) is 12.8 Å². The maximum atomic E-state index is 11.0. The maximum Gasteiger partial charge on any atom is 0.161 e. The molecule has 0 aliphatic heterocycles. The number of aliphatic hydroxyl groups excluding tert-OH is 1. The normalized spacial score (nSPS) is 22.2. The molecule has 1 N–H and O–H groups in total. The average Bonchev–Trinajstić information content (AvgIpc) is 1.88. The van der Waals surface area contributed by atoms with Gasteiger partial charge in [-0.25, -0.2) is 0 Å². The predicted molar refractivity (Wildman–Crippen MR) is 38.6 cm³/mol. The molecule has 1 atom stereocenters. The molecule has 1 aliphatic carbocycles. The van der Waals surface area contributed by atoms with Crippen LogP contribution in [0.1, 0.15) is 26.2 Å². The molecule has 2 heteroatoms. The number of carbonyl (C=O) groups is 1. The number of hydrogen-bond donors (Lipinski definition) is 1. The zero-order valence-corrected chi connectivity index (χ0v) is 6.13. The molecule has 56 valence electrons. The minimum absolute atomic E-state index is 0.112. The molecule has 2 nitrogen and oxygen atoms in total. The van der Waals surface area contributed by atoms with E-state index in [4.69, 9.17) is 5.11 Å². The zero-order chi connectivity index (χ0) is 7.56. The van der Waals surface area contributed by atoms with Crippen molar-refractivity contribution < 1.29 is 9.90 Å². The Morgan fingerprint density at radius 3 is 2.80 bits per heavy atom. The Labute approximate surface area is 60.6 Å². The summed E-state index contributed by atoms with van der Waals surface area (Å²) in [4.78, 5) is 11.0. The zero-order valence-electron chi connectivity index (χ0n) is 6.13. The van der Waals surface area contributed by atoms with Gasteiger partial charge in [0.2, 0.25) is 0 Å². The van der Waals surface area contributed by atoms with Gasteiger partial charge in [-0.05, 0) is 19.8 Å². The van der Waals surface area contributed by atoms with Crippen LogP contribution in [0.4, 0.5) is 0 Å². The van der Waals surface area contributed by atoms with Gasteiger partial charge in [-0.1, -0.05) is 6.08 Å². The van der Waals surface area contributed by atoms with Crippen LogP contribution < -0.4 is 0 Å². The van der Waals surface area contributed by atoms with E-state index in [0.29, 0.717) is 12.0 Å². The molecule has 0 spiro atoms. The first kappa shape index (κ1) is 7.48. The Hall–Kier alpha value is -0.630. The van der Waals surface area contributed by atoms with Crippen molar-refractivity contribution in [3.05, 3.63) is 11.6 Å². The Morgan fingerprint density at radius 1 is 1.70 bits per heavy atom. The van der Waals surface area contributed by atoms with Crippen LogP contribution in [0.5, 0.6) is 0 Å². The highest BCUT2D eigenvalue weighted by atomic mass is 16.3. The summed E-state index contributed by atoms with van der Waals surface area (Å²) in [5, 5.41) is 9.06. The standard InChI is InChI=1S/C8H12O2/c1-6(9)7-4-2-3-5-8(7)10/h4,6,9H,2-3,5H2,1H3/t6-/m1/s1. The lowest BCUT2D eigenvalue weighted by molar-refractivity contribution is -0.116. The third kappa shape index (κ3) is 1.45. The van der Waals surface area contributed by atoms with Crippen LogP contribution in [0.2, 0.25) is 0 Å². The number of hydrogen-bond acceptors (Lipinski definition) is 2. The highest BCUT2D eigenvalue weighted by molar-refractivity contribution is 5.96. The van der Waals surface area contributed by atoms with Crippen LogP contribution in [-0.2, 0) is 4.79 Å². The molecular formula is C8H12O2. The summed E-state index contributed by atoms with van der Waals surface area (Å²) in [6.45, 7) is 1.63. The summed E-state index contributed by atoms with van der Waals surface area (Å²) in [7, 11) is 0. The molecule has 0 amide bonds. The second kappa shape index (κ2) is 2.97. The molecule has 0 bridgehead atoms. The molecule has 0 heterocycles. The van der Waals surface area contributed by atoms with E-state index >= 15 is 0 Å². The summed E-state index contributed by atoms with van der Waals surface area (Å²) in [5.74, 6) is 0.112. The van der Waals surface area contributed by atoms with Crippen molar-refractivity contribution >= 4 is 5.78 Å². The lowest BCUT2D eigenvalue weighted by atomic mass is 9.95. The summed E-state index contributed by atoms with van der Waals surface area (Å²) >= 11 is 0. The first-order valence-corrected chi connectivity index (χ1v) is 3.63. The van der Waals surface area contributed by atoms with Gasteiger partial charge in [0, 0.05) is 12.0 Å². The van der Waals surface area contributed by atoms with Gasteiger partial charge in [-0.3, -0.25) is 4.79 Å². The van der Waals surface area contributed by atoms with Crippen molar-refractivity contribution in [3.63, 3.8) is 0 Å². The molecule has 0 aromatic heterocycles. The average molecular weight is 140 g/mol. The van der Waals surface area contributed by atoms with Gasteiger partial charge in [0.15, 0.2) is 5.78 Å². The van der Waals surface area contributed by atoms with E-state index in [1.807, 2.05) is 6.08 Å². The molecule has 1 aliphatic rings. The summed E-state index contributed by atoms with van der Waals surface area (Å²) < 4.78 is 0. The molecule has 10 heavy (non-hydrogen) atoms. The molecular weight excluding hydrogens is 128 g/mol. The van der Waals surface area contributed by atoms with Crippen molar-refractivity contribution in [2.45, 2.75) is 32.3 Å². The van der Waals surface area contributed by atoms with E-state index in [1.165, 1.54) is 0 Å². The van der Waals surface area contributed by atoms with Gasteiger partial charge in [0.25, 0.3) is 0 Å². The van der Waals surface area contributed by atoms with Gasteiger partial charge in [0.1, 0.15) is 0 Å². The van der Waals surface area contributed by atoms with Crippen LogP contribution >= 0.6 is 0 Å². The summed E-state index contributed by atoms with van der Waals surface area (Å²) in [6, 6.07) is 0. The number of ketones is 1. The highest BCUT2D eigenvalue weighted by Gasteiger charge is 2.16.